The van der Waals surface area contributed by atoms with E-state index in [1.807, 2.05) is 12.1 Å². The smallest absolute Gasteiger partial charge is 0.270 e. The van der Waals surface area contributed by atoms with Gasteiger partial charge < -0.3 is 4.42 Å². The van der Waals surface area contributed by atoms with Crippen molar-refractivity contribution in [2.45, 2.75) is 0 Å². The molecule has 1 saturated heterocycles. The second-order valence-electron chi connectivity index (χ2n) is 5.83. The van der Waals surface area contributed by atoms with Gasteiger partial charge in [0.15, 0.2) is 4.32 Å². The number of halogens is 3. The maximum absolute atomic E-state index is 12.8. The predicted molar refractivity (Wildman–Crippen MR) is 121 cm³/mol. The van der Waals surface area contributed by atoms with Gasteiger partial charge in [0.2, 0.25) is 0 Å². The molecule has 0 aliphatic carbocycles. The molecule has 1 aromatic heterocycles. The summed E-state index contributed by atoms with van der Waals surface area (Å²) in [5, 5.41) is 1.45. The van der Waals surface area contributed by atoms with Gasteiger partial charge in [0, 0.05) is 16.7 Å². The average molecular weight is 467 g/mol. The minimum atomic E-state index is -0.218. The number of carbonyl (C=O) groups excluding carboxylic acids is 1. The molecular weight excluding hydrogens is 457 g/mol. The van der Waals surface area contributed by atoms with Crippen LogP contribution in [0, 0.1) is 0 Å². The van der Waals surface area contributed by atoms with Crippen LogP contribution in [0.2, 0.25) is 15.1 Å². The van der Waals surface area contributed by atoms with Crippen molar-refractivity contribution in [3.63, 3.8) is 0 Å². The van der Waals surface area contributed by atoms with E-state index in [0.717, 1.165) is 5.56 Å². The third-order valence-electron chi connectivity index (χ3n) is 3.96. The Hall–Kier alpha value is -1.76. The van der Waals surface area contributed by atoms with Crippen LogP contribution in [0.15, 0.2) is 63.9 Å². The Balaban J connectivity index is 1.61. The lowest BCUT2D eigenvalue weighted by Gasteiger charge is -2.14. The summed E-state index contributed by atoms with van der Waals surface area (Å²) in [6.07, 6.45) is 1.67. The molecule has 0 radical (unpaired) electrons. The van der Waals surface area contributed by atoms with Gasteiger partial charge in [0.1, 0.15) is 11.5 Å². The summed E-state index contributed by atoms with van der Waals surface area (Å²) in [5.41, 5.74) is 1.43. The highest BCUT2D eigenvalue weighted by atomic mass is 35.5. The second kappa shape index (κ2) is 7.93. The number of nitrogens with zero attached hydrogens (tertiary/aromatic N) is 1. The van der Waals surface area contributed by atoms with Crippen LogP contribution in [0.1, 0.15) is 5.76 Å². The molecule has 2 aromatic carbocycles. The van der Waals surface area contributed by atoms with E-state index in [0.29, 0.717) is 41.5 Å². The summed E-state index contributed by atoms with van der Waals surface area (Å²) in [6, 6.07) is 15.8. The van der Waals surface area contributed by atoms with E-state index in [1.54, 1.807) is 48.5 Å². The number of benzene rings is 2. The molecule has 0 spiro atoms. The van der Waals surface area contributed by atoms with Crippen molar-refractivity contribution in [3.8, 4) is 11.3 Å². The molecule has 0 bridgehead atoms. The topological polar surface area (TPSA) is 33.5 Å². The third-order valence-corrected chi connectivity index (χ3v) is 6.24. The number of hydrogen-bond acceptors (Lipinski definition) is 4. The van der Waals surface area contributed by atoms with Gasteiger partial charge >= 0.3 is 0 Å². The third kappa shape index (κ3) is 3.86. The molecule has 1 fully saturated rings. The lowest BCUT2D eigenvalue weighted by Crippen LogP contribution is -2.27. The second-order valence-corrected chi connectivity index (χ2v) is 8.75. The van der Waals surface area contributed by atoms with Gasteiger partial charge in [-0.3, -0.25) is 9.69 Å². The summed E-state index contributed by atoms with van der Waals surface area (Å²) in [5.74, 6) is 0.938. The van der Waals surface area contributed by atoms with E-state index < -0.39 is 0 Å². The minimum Gasteiger partial charge on any atom is -0.457 e. The van der Waals surface area contributed by atoms with E-state index in [2.05, 4.69) is 0 Å². The molecule has 0 saturated carbocycles. The van der Waals surface area contributed by atoms with E-state index in [4.69, 9.17) is 51.4 Å². The van der Waals surface area contributed by atoms with Crippen molar-refractivity contribution in [2.75, 3.05) is 4.90 Å². The molecule has 1 aliphatic rings. The highest BCUT2D eigenvalue weighted by Gasteiger charge is 2.33. The lowest BCUT2D eigenvalue weighted by atomic mass is 10.2. The summed E-state index contributed by atoms with van der Waals surface area (Å²) in [7, 11) is 0. The van der Waals surface area contributed by atoms with Crippen molar-refractivity contribution in [1.82, 2.24) is 0 Å². The molecule has 8 heteroatoms. The van der Waals surface area contributed by atoms with Crippen molar-refractivity contribution in [1.29, 1.82) is 0 Å². The fourth-order valence-electron chi connectivity index (χ4n) is 2.67. The molecule has 140 valence electrons. The highest BCUT2D eigenvalue weighted by molar-refractivity contribution is 8.27. The monoisotopic (exact) mass is 465 g/mol. The van der Waals surface area contributed by atoms with Crippen LogP contribution in [0.3, 0.4) is 0 Å². The van der Waals surface area contributed by atoms with Crippen LogP contribution in [-0.2, 0) is 4.79 Å². The molecule has 4 rings (SSSR count). The van der Waals surface area contributed by atoms with Crippen molar-refractivity contribution in [3.05, 3.63) is 80.3 Å². The lowest BCUT2D eigenvalue weighted by molar-refractivity contribution is -0.113. The SMILES string of the molecule is O=C1C(=Cc2ccc(-c3ccc(Cl)c(Cl)c3)o2)SC(=S)N1c1cccc(Cl)c1. The summed E-state index contributed by atoms with van der Waals surface area (Å²) in [4.78, 5) is 14.8. The summed E-state index contributed by atoms with van der Waals surface area (Å²) < 4.78 is 6.28. The fraction of sp³-hybridized carbons (Fsp3) is 0. The normalized spacial score (nSPS) is 15.7. The molecule has 1 aliphatic heterocycles. The number of rotatable bonds is 3. The zero-order valence-corrected chi connectivity index (χ0v) is 17.9. The standard InChI is InChI=1S/C20H10Cl3NO2S2/c21-12-2-1-3-13(9-12)24-19(25)18(28-20(24)27)10-14-5-7-17(26-14)11-4-6-15(22)16(23)8-11/h1-10H. The Morgan fingerprint density at radius 2 is 1.82 bits per heavy atom. The first-order valence-electron chi connectivity index (χ1n) is 8.01. The number of thiocarbonyl (C=S) groups is 1. The first-order chi connectivity index (χ1) is 13.4. The van der Waals surface area contributed by atoms with Crippen LogP contribution in [0.25, 0.3) is 17.4 Å². The van der Waals surface area contributed by atoms with Gasteiger partial charge in [-0.25, -0.2) is 0 Å². The van der Waals surface area contributed by atoms with Gasteiger partial charge in [-0.2, -0.15) is 0 Å². The zero-order valence-electron chi connectivity index (χ0n) is 14.0. The van der Waals surface area contributed by atoms with Gasteiger partial charge in [-0.1, -0.05) is 64.8 Å². The van der Waals surface area contributed by atoms with Crippen molar-refractivity contribution < 1.29 is 9.21 Å². The van der Waals surface area contributed by atoms with Crippen LogP contribution in [0.5, 0.6) is 0 Å². The maximum Gasteiger partial charge on any atom is 0.270 e. The Morgan fingerprint density at radius 1 is 1.00 bits per heavy atom. The van der Waals surface area contributed by atoms with Crippen molar-refractivity contribution >= 4 is 80.8 Å². The average Bonchev–Trinajstić information content (AvgIpc) is 3.22. The molecule has 2 heterocycles. The number of hydrogen-bond donors (Lipinski definition) is 0. The van der Waals surface area contributed by atoms with Crippen LogP contribution >= 0.6 is 58.8 Å². The van der Waals surface area contributed by atoms with Crippen LogP contribution < -0.4 is 4.90 Å². The Morgan fingerprint density at radius 3 is 2.57 bits per heavy atom. The van der Waals surface area contributed by atoms with Gasteiger partial charge in [0.05, 0.1) is 20.6 Å². The fourth-order valence-corrected chi connectivity index (χ4v) is 4.43. The number of amides is 1. The molecule has 0 unspecified atom stereocenters. The number of carbonyl (C=O) groups is 1. The molecule has 3 nitrogen and oxygen atoms in total. The number of thioether (sulfide) groups is 1. The zero-order chi connectivity index (χ0) is 19.8. The molecule has 1 amide bonds. The first-order valence-corrected chi connectivity index (χ1v) is 10.4. The van der Waals surface area contributed by atoms with E-state index in [1.165, 1.54) is 16.7 Å². The Kier molecular flexibility index (Phi) is 5.54. The van der Waals surface area contributed by atoms with E-state index in [9.17, 15) is 4.79 Å². The summed E-state index contributed by atoms with van der Waals surface area (Å²) >= 11 is 24.6. The Bertz CT molecular complexity index is 1140. The molecular formula is C20H10Cl3NO2S2. The first kappa shape index (κ1) is 19.6. The molecule has 28 heavy (non-hydrogen) atoms. The van der Waals surface area contributed by atoms with Crippen molar-refractivity contribution in [2.24, 2.45) is 0 Å². The van der Waals surface area contributed by atoms with E-state index >= 15 is 0 Å². The minimum absolute atomic E-state index is 0.218. The number of anilines is 1. The number of furan rings is 1. The van der Waals surface area contributed by atoms with E-state index in [-0.39, 0.29) is 5.91 Å². The highest BCUT2D eigenvalue weighted by Crippen LogP contribution is 2.37. The van der Waals surface area contributed by atoms with Crippen LogP contribution in [0.4, 0.5) is 5.69 Å². The maximum atomic E-state index is 12.8. The van der Waals surface area contributed by atoms with Gasteiger partial charge in [-0.05, 0) is 48.5 Å². The van der Waals surface area contributed by atoms with Crippen LogP contribution in [-0.4, -0.2) is 10.2 Å². The quantitative estimate of drug-likeness (QED) is 0.299. The Labute approximate surface area is 185 Å². The largest absolute Gasteiger partial charge is 0.457 e. The molecule has 0 N–H and O–H groups in total. The molecule has 3 aromatic rings. The predicted octanol–water partition coefficient (Wildman–Crippen LogP) is 7.31. The van der Waals surface area contributed by atoms with Gasteiger partial charge in [0.25, 0.3) is 5.91 Å². The summed E-state index contributed by atoms with van der Waals surface area (Å²) in [6.45, 7) is 0. The van der Waals surface area contributed by atoms with Gasteiger partial charge in [-0.15, -0.1) is 0 Å². The molecule has 0 atom stereocenters.